The Hall–Kier alpha value is -1.26. The van der Waals surface area contributed by atoms with Crippen LogP contribution >= 0.6 is 0 Å². The van der Waals surface area contributed by atoms with Crippen LogP contribution < -0.4 is 10.6 Å². The van der Waals surface area contributed by atoms with Gasteiger partial charge in [0.25, 0.3) is 0 Å². The van der Waals surface area contributed by atoms with Crippen molar-refractivity contribution in [2.75, 3.05) is 0 Å². The van der Waals surface area contributed by atoms with Crippen molar-refractivity contribution < 1.29 is 14.7 Å². The van der Waals surface area contributed by atoms with Gasteiger partial charge in [-0.15, -0.1) is 0 Å². The molecule has 3 N–H and O–H groups in total. The zero-order valence-electron chi connectivity index (χ0n) is 11.5. The summed E-state index contributed by atoms with van der Waals surface area (Å²) in [5.74, 6) is -0.442. The second kappa shape index (κ2) is 6.26. The van der Waals surface area contributed by atoms with Gasteiger partial charge >= 0.3 is 12.0 Å². The van der Waals surface area contributed by atoms with Crippen molar-refractivity contribution in [3.05, 3.63) is 0 Å². The molecule has 0 aromatic carbocycles. The Morgan fingerprint density at radius 1 is 1.16 bits per heavy atom. The fourth-order valence-corrected chi connectivity index (χ4v) is 3.35. The summed E-state index contributed by atoms with van der Waals surface area (Å²) in [7, 11) is 0. The molecule has 2 rings (SSSR count). The zero-order valence-corrected chi connectivity index (χ0v) is 11.5. The van der Waals surface area contributed by atoms with E-state index in [4.69, 9.17) is 5.11 Å². The monoisotopic (exact) mass is 268 g/mol. The number of hydrogen-bond donors (Lipinski definition) is 3. The molecule has 2 aliphatic rings. The molecule has 0 aromatic rings. The molecule has 0 bridgehead atoms. The van der Waals surface area contributed by atoms with E-state index >= 15 is 0 Å². The molecule has 0 spiro atoms. The smallest absolute Gasteiger partial charge is 0.315 e. The second-order valence-corrected chi connectivity index (χ2v) is 6.00. The number of carbonyl (C=O) groups is 2. The van der Waals surface area contributed by atoms with E-state index in [-0.39, 0.29) is 24.0 Å². The molecule has 3 atom stereocenters. The van der Waals surface area contributed by atoms with Crippen LogP contribution in [-0.4, -0.2) is 29.2 Å². The molecule has 2 fully saturated rings. The van der Waals surface area contributed by atoms with E-state index < -0.39 is 5.97 Å². The zero-order chi connectivity index (χ0) is 13.8. The first-order valence-electron chi connectivity index (χ1n) is 7.36. The van der Waals surface area contributed by atoms with E-state index in [2.05, 4.69) is 17.6 Å². The molecular weight excluding hydrogens is 244 g/mol. The van der Waals surface area contributed by atoms with Gasteiger partial charge in [0.2, 0.25) is 0 Å². The van der Waals surface area contributed by atoms with Gasteiger partial charge in [-0.05, 0) is 44.9 Å². The highest BCUT2D eigenvalue weighted by atomic mass is 16.4. The van der Waals surface area contributed by atoms with Crippen molar-refractivity contribution >= 4 is 12.0 Å². The molecule has 5 nitrogen and oxygen atoms in total. The first kappa shape index (κ1) is 14.2. The number of hydrogen-bond acceptors (Lipinski definition) is 2. The lowest BCUT2D eigenvalue weighted by molar-refractivity contribution is -0.141. The van der Waals surface area contributed by atoms with E-state index in [1.807, 2.05) is 0 Å². The van der Waals surface area contributed by atoms with E-state index in [1.165, 1.54) is 25.7 Å². The highest BCUT2D eigenvalue weighted by Crippen LogP contribution is 2.28. The third-order valence-electron chi connectivity index (χ3n) is 4.58. The molecule has 2 amide bonds. The Morgan fingerprint density at radius 2 is 1.84 bits per heavy atom. The second-order valence-electron chi connectivity index (χ2n) is 6.00. The van der Waals surface area contributed by atoms with Crippen molar-refractivity contribution in [1.29, 1.82) is 0 Å². The molecule has 19 heavy (non-hydrogen) atoms. The molecular formula is C14H24N2O3. The van der Waals surface area contributed by atoms with Crippen LogP contribution in [0.5, 0.6) is 0 Å². The highest BCUT2D eigenvalue weighted by Gasteiger charge is 2.31. The number of carboxylic acids is 1. The lowest BCUT2D eigenvalue weighted by Crippen LogP contribution is -2.46. The van der Waals surface area contributed by atoms with E-state index in [9.17, 15) is 9.59 Å². The van der Waals surface area contributed by atoms with Crippen molar-refractivity contribution in [3.63, 3.8) is 0 Å². The highest BCUT2D eigenvalue weighted by molar-refractivity contribution is 5.75. The van der Waals surface area contributed by atoms with Crippen LogP contribution in [0.3, 0.4) is 0 Å². The van der Waals surface area contributed by atoms with Gasteiger partial charge in [-0.1, -0.05) is 12.8 Å². The number of rotatable bonds is 4. The average Bonchev–Trinajstić information content (AvgIpc) is 2.98. The SMILES string of the molecule is CC(NC(=O)NC1CCC(C(=O)O)C1)C1CCCC1. The van der Waals surface area contributed by atoms with Crippen molar-refractivity contribution in [1.82, 2.24) is 10.6 Å². The Morgan fingerprint density at radius 3 is 2.42 bits per heavy atom. The molecule has 0 heterocycles. The topological polar surface area (TPSA) is 78.4 Å². The van der Waals surface area contributed by atoms with Gasteiger partial charge in [-0.2, -0.15) is 0 Å². The first-order chi connectivity index (χ1) is 9.06. The van der Waals surface area contributed by atoms with Crippen LogP contribution in [0, 0.1) is 11.8 Å². The van der Waals surface area contributed by atoms with Crippen LogP contribution in [0.1, 0.15) is 51.9 Å². The van der Waals surface area contributed by atoms with Crippen LogP contribution in [-0.2, 0) is 4.79 Å². The number of urea groups is 1. The Bertz CT molecular complexity index is 340. The summed E-state index contributed by atoms with van der Waals surface area (Å²) in [6, 6.07) is 0.0755. The maximum absolute atomic E-state index is 11.9. The molecule has 0 aromatic heterocycles. The van der Waals surface area contributed by atoms with Gasteiger partial charge in [-0.3, -0.25) is 4.79 Å². The summed E-state index contributed by atoms with van der Waals surface area (Å²) in [6.07, 6.45) is 6.92. The molecule has 0 radical (unpaired) electrons. The maximum atomic E-state index is 11.9. The lowest BCUT2D eigenvalue weighted by atomic mass is 10.0. The van der Waals surface area contributed by atoms with Gasteiger partial charge in [-0.25, -0.2) is 4.79 Å². The predicted octanol–water partition coefficient (Wildman–Crippen LogP) is 2.12. The summed E-state index contributed by atoms with van der Waals surface area (Å²) in [5.41, 5.74) is 0. The van der Waals surface area contributed by atoms with E-state index in [0.717, 1.165) is 6.42 Å². The molecule has 2 aliphatic carbocycles. The lowest BCUT2D eigenvalue weighted by Gasteiger charge is -2.22. The summed E-state index contributed by atoms with van der Waals surface area (Å²) in [4.78, 5) is 22.7. The quantitative estimate of drug-likeness (QED) is 0.730. The summed E-state index contributed by atoms with van der Waals surface area (Å²) in [6.45, 7) is 2.06. The largest absolute Gasteiger partial charge is 0.481 e. The van der Waals surface area contributed by atoms with Crippen molar-refractivity contribution in [3.8, 4) is 0 Å². The minimum atomic E-state index is -0.746. The van der Waals surface area contributed by atoms with Crippen molar-refractivity contribution in [2.45, 2.75) is 64.0 Å². The third kappa shape index (κ3) is 3.85. The van der Waals surface area contributed by atoms with Gasteiger partial charge in [0.05, 0.1) is 5.92 Å². The number of carboxylic acid groups (broad SMARTS) is 1. The van der Waals surface area contributed by atoms with Crippen LogP contribution in [0.2, 0.25) is 0 Å². The minimum Gasteiger partial charge on any atom is -0.481 e. The maximum Gasteiger partial charge on any atom is 0.315 e. The van der Waals surface area contributed by atoms with Gasteiger partial charge in [0, 0.05) is 12.1 Å². The van der Waals surface area contributed by atoms with E-state index in [1.54, 1.807) is 0 Å². The molecule has 0 aliphatic heterocycles. The molecule has 2 saturated carbocycles. The van der Waals surface area contributed by atoms with Crippen LogP contribution in [0.15, 0.2) is 0 Å². The summed E-state index contributed by atoms with van der Waals surface area (Å²) >= 11 is 0. The normalized spacial score (nSPS) is 29.1. The standard InChI is InChI=1S/C14H24N2O3/c1-9(10-4-2-3-5-10)15-14(19)16-12-7-6-11(8-12)13(17)18/h9-12H,2-8H2,1H3,(H,17,18)(H2,15,16,19). The summed E-state index contributed by atoms with van der Waals surface area (Å²) < 4.78 is 0. The number of carbonyl (C=O) groups excluding carboxylic acids is 1. The van der Waals surface area contributed by atoms with E-state index in [0.29, 0.717) is 18.8 Å². The average molecular weight is 268 g/mol. The molecule has 108 valence electrons. The predicted molar refractivity (Wildman–Crippen MR) is 71.9 cm³/mol. The number of aliphatic carboxylic acids is 1. The molecule has 5 heteroatoms. The number of amides is 2. The Kier molecular flexibility index (Phi) is 4.66. The Balaban J connectivity index is 1.71. The summed E-state index contributed by atoms with van der Waals surface area (Å²) in [5, 5.41) is 14.8. The fourth-order valence-electron chi connectivity index (χ4n) is 3.35. The van der Waals surface area contributed by atoms with Crippen LogP contribution in [0.4, 0.5) is 4.79 Å². The van der Waals surface area contributed by atoms with Crippen LogP contribution in [0.25, 0.3) is 0 Å². The minimum absolute atomic E-state index is 0.0110. The third-order valence-corrected chi connectivity index (χ3v) is 4.58. The van der Waals surface area contributed by atoms with Gasteiger partial charge in [0.15, 0.2) is 0 Å². The molecule has 0 saturated heterocycles. The molecule has 3 unspecified atom stereocenters. The van der Waals surface area contributed by atoms with Gasteiger partial charge < -0.3 is 15.7 Å². The Labute approximate surface area is 114 Å². The van der Waals surface area contributed by atoms with Crippen molar-refractivity contribution in [2.24, 2.45) is 11.8 Å². The number of nitrogens with one attached hydrogen (secondary N) is 2. The first-order valence-corrected chi connectivity index (χ1v) is 7.36. The van der Waals surface area contributed by atoms with Gasteiger partial charge in [0.1, 0.15) is 0 Å². The fraction of sp³-hybridized carbons (Fsp3) is 0.857.